The first-order chi connectivity index (χ1) is 13.9. The van der Waals surface area contributed by atoms with Crippen LogP contribution in [0.3, 0.4) is 0 Å². The predicted molar refractivity (Wildman–Crippen MR) is 112 cm³/mol. The van der Waals surface area contributed by atoms with Gasteiger partial charge in [0.2, 0.25) is 5.91 Å². The molecule has 4 atom stereocenters. The highest BCUT2D eigenvalue weighted by Crippen LogP contribution is 2.49. The molecule has 0 saturated heterocycles. The number of furan rings is 1. The molecule has 2 fully saturated rings. The SMILES string of the molecule is CC(=O)c1c(C)nc(-c2ccco2)nc1SCC(=O)N[C@H](C)[C@@H]1C[C@H]2CC[C@H]1C2. The number of aromatic nitrogens is 2. The molecular formula is C22H27N3O3S. The zero-order chi connectivity index (χ0) is 20.5. The lowest BCUT2D eigenvalue weighted by atomic mass is 9.84. The molecule has 2 aromatic rings. The lowest BCUT2D eigenvalue weighted by Gasteiger charge is -2.28. The van der Waals surface area contributed by atoms with E-state index in [-0.39, 0.29) is 23.5 Å². The molecule has 2 aliphatic carbocycles. The van der Waals surface area contributed by atoms with Crippen molar-refractivity contribution in [2.24, 2.45) is 17.8 Å². The number of hydrogen-bond donors (Lipinski definition) is 1. The third-order valence-corrected chi connectivity index (χ3v) is 7.29. The lowest BCUT2D eigenvalue weighted by molar-refractivity contribution is -0.119. The van der Waals surface area contributed by atoms with E-state index in [1.807, 2.05) is 0 Å². The van der Waals surface area contributed by atoms with Crippen molar-refractivity contribution in [1.29, 1.82) is 0 Å². The van der Waals surface area contributed by atoms with Crippen molar-refractivity contribution in [1.82, 2.24) is 15.3 Å². The lowest BCUT2D eigenvalue weighted by Crippen LogP contribution is -2.40. The first kappa shape index (κ1) is 20.1. The van der Waals surface area contributed by atoms with Crippen LogP contribution >= 0.6 is 11.8 Å². The van der Waals surface area contributed by atoms with Gasteiger partial charge in [0.15, 0.2) is 17.4 Å². The highest BCUT2D eigenvalue weighted by molar-refractivity contribution is 8.00. The van der Waals surface area contributed by atoms with Gasteiger partial charge in [-0.15, -0.1) is 0 Å². The van der Waals surface area contributed by atoms with Crippen molar-refractivity contribution in [2.75, 3.05) is 5.75 Å². The highest BCUT2D eigenvalue weighted by Gasteiger charge is 2.42. The monoisotopic (exact) mass is 413 g/mol. The molecule has 0 radical (unpaired) electrons. The Morgan fingerprint density at radius 1 is 1.31 bits per heavy atom. The van der Waals surface area contributed by atoms with Gasteiger partial charge in [-0.1, -0.05) is 18.2 Å². The molecule has 7 heteroatoms. The van der Waals surface area contributed by atoms with Gasteiger partial charge in [0, 0.05) is 6.04 Å². The molecule has 2 heterocycles. The Kier molecular flexibility index (Phi) is 5.76. The van der Waals surface area contributed by atoms with Crippen molar-refractivity contribution < 1.29 is 14.0 Å². The maximum Gasteiger partial charge on any atom is 0.230 e. The zero-order valence-electron chi connectivity index (χ0n) is 17.1. The maximum absolute atomic E-state index is 12.6. The van der Waals surface area contributed by atoms with E-state index in [2.05, 4.69) is 22.2 Å². The standard InChI is InChI=1S/C22H27N3O3S/c1-12(17-10-15-6-7-16(17)9-15)23-19(27)11-29-22-20(14(3)26)13(2)24-21(25-22)18-5-4-8-28-18/h4-5,8,12,15-17H,6-7,9-11H2,1-3H3,(H,23,27)/t12-,15+,16+,17+/m1/s1. The molecular weight excluding hydrogens is 386 g/mol. The van der Waals surface area contributed by atoms with Gasteiger partial charge >= 0.3 is 0 Å². The molecule has 6 nitrogen and oxygen atoms in total. The Labute approximate surface area is 175 Å². The molecule has 0 unspecified atom stereocenters. The van der Waals surface area contributed by atoms with Gasteiger partial charge < -0.3 is 9.73 Å². The van der Waals surface area contributed by atoms with E-state index in [9.17, 15) is 9.59 Å². The van der Waals surface area contributed by atoms with Gasteiger partial charge in [0.25, 0.3) is 0 Å². The summed E-state index contributed by atoms with van der Waals surface area (Å²) in [5, 5.41) is 3.70. The number of hydrogen-bond acceptors (Lipinski definition) is 6. The molecule has 4 rings (SSSR count). The van der Waals surface area contributed by atoms with Gasteiger partial charge in [-0.3, -0.25) is 9.59 Å². The van der Waals surface area contributed by atoms with E-state index in [1.54, 1.807) is 25.3 Å². The Morgan fingerprint density at radius 3 is 2.76 bits per heavy atom. The Morgan fingerprint density at radius 2 is 2.14 bits per heavy atom. The van der Waals surface area contributed by atoms with Crippen LogP contribution in [0.5, 0.6) is 0 Å². The molecule has 1 amide bonds. The highest BCUT2D eigenvalue weighted by atomic mass is 32.2. The third kappa shape index (κ3) is 4.25. The van der Waals surface area contributed by atoms with Crippen LogP contribution in [-0.4, -0.2) is 33.5 Å². The third-order valence-electron chi connectivity index (χ3n) is 6.31. The number of rotatable bonds is 7. The molecule has 2 saturated carbocycles. The number of ketones is 1. The van der Waals surface area contributed by atoms with E-state index in [0.717, 1.165) is 11.8 Å². The first-order valence-electron chi connectivity index (χ1n) is 10.3. The second-order valence-corrected chi connectivity index (χ2v) is 9.29. The van der Waals surface area contributed by atoms with E-state index in [4.69, 9.17) is 4.42 Å². The molecule has 1 N–H and O–H groups in total. The minimum atomic E-state index is -0.105. The van der Waals surface area contributed by atoms with Crippen molar-refractivity contribution in [3.8, 4) is 11.6 Å². The normalized spacial score (nSPS) is 23.9. The number of amides is 1. The predicted octanol–water partition coefficient (Wildman–Crippen LogP) is 4.28. The number of thioether (sulfide) groups is 1. The van der Waals surface area contributed by atoms with Crippen LogP contribution in [0.25, 0.3) is 11.6 Å². The van der Waals surface area contributed by atoms with Crippen molar-refractivity contribution in [3.05, 3.63) is 29.7 Å². The number of carbonyl (C=O) groups excluding carboxylic acids is 2. The van der Waals surface area contributed by atoms with Crippen LogP contribution in [0, 0.1) is 24.7 Å². The minimum Gasteiger partial charge on any atom is -0.461 e. The van der Waals surface area contributed by atoms with Gasteiger partial charge in [0.1, 0.15) is 5.03 Å². The van der Waals surface area contributed by atoms with Crippen LogP contribution in [-0.2, 0) is 4.79 Å². The molecule has 154 valence electrons. The fraction of sp³-hybridized carbons (Fsp3) is 0.545. The van der Waals surface area contributed by atoms with E-state index < -0.39 is 0 Å². The Hall–Kier alpha value is -2.15. The maximum atomic E-state index is 12.6. The second kappa shape index (κ2) is 8.30. The largest absolute Gasteiger partial charge is 0.461 e. The summed E-state index contributed by atoms with van der Waals surface area (Å²) in [7, 11) is 0. The second-order valence-electron chi connectivity index (χ2n) is 8.33. The topological polar surface area (TPSA) is 85.1 Å². The number of nitrogens with one attached hydrogen (secondary N) is 1. The first-order valence-corrected chi connectivity index (χ1v) is 11.3. The van der Waals surface area contributed by atoms with Crippen LogP contribution in [0.1, 0.15) is 55.6 Å². The Bertz CT molecular complexity index is 912. The van der Waals surface area contributed by atoms with E-state index in [0.29, 0.717) is 33.8 Å². The smallest absolute Gasteiger partial charge is 0.230 e. The summed E-state index contributed by atoms with van der Waals surface area (Å²) >= 11 is 1.28. The van der Waals surface area contributed by atoms with Crippen LogP contribution in [0.2, 0.25) is 0 Å². The summed E-state index contributed by atoms with van der Waals surface area (Å²) in [6.07, 6.45) is 6.80. The summed E-state index contributed by atoms with van der Waals surface area (Å²) in [5.41, 5.74) is 1.07. The van der Waals surface area contributed by atoms with E-state index >= 15 is 0 Å². The van der Waals surface area contributed by atoms with Gasteiger partial charge in [-0.05, 0) is 69.9 Å². The summed E-state index contributed by atoms with van der Waals surface area (Å²) in [4.78, 5) is 33.6. The van der Waals surface area contributed by atoms with Crippen LogP contribution in [0.15, 0.2) is 27.8 Å². The fourth-order valence-electron chi connectivity index (χ4n) is 5.02. The summed E-state index contributed by atoms with van der Waals surface area (Å²) in [6, 6.07) is 3.74. The molecule has 0 aliphatic heterocycles. The van der Waals surface area contributed by atoms with Crippen LogP contribution < -0.4 is 5.32 Å². The number of Topliss-reactive ketones (excluding diaryl/α,β-unsaturated/α-hetero) is 1. The number of carbonyl (C=O) groups is 2. The average Bonchev–Trinajstić information content (AvgIpc) is 3.43. The molecule has 2 aromatic heterocycles. The van der Waals surface area contributed by atoms with Crippen molar-refractivity contribution >= 4 is 23.5 Å². The van der Waals surface area contributed by atoms with E-state index in [1.165, 1.54) is 44.4 Å². The number of nitrogens with zero attached hydrogens (tertiary/aromatic N) is 2. The summed E-state index contributed by atoms with van der Waals surface area (Å²) in [5.74, 6) is 3.30. The Balaban J connectivity index is 1.44. The van der Waals surface area contributed by atoms with Gasteiger partial charge in [0.05, 0.1) is 23.3 Å². The number of fused-ring (bicyclic) bond motifs is 2. The fourth-order valence-corrected chi connectivity index (χ4v) is 5.95. The minimum absolute atomic E-state index is 0.0180. The quantitative estimate of drug-likeness (QED) is 0.414. The van der Waals surface area contributed by atoms with Crippen LogP contribution in [0.4, 0.5) is 0 Å². The molecule has 2 bridgehead atoms. The number of aryl methyl sites for hydroxylation is 1. The van der Waals surface area contributed by atoms with Crippen molar-refractivity contribution in [3.63, 3.8) is 0 Å². The molecule has 0 spiro atoms. The molecule has 0 aromatic carbocycles. The molecule has 2 aliphatic rings. The summed E-state index contributed by atoms with van der Waals surface area (Å²) < 4.78 is 5.39. The zero-order valence-corrected chi connectivity index (χ0v) is 17.9. The molecule has 29 heavy (non-hydrogen) atoms. The summed E-state index contributed by atoms with van der Waals surface area (Å²) in [6.45, 7) is 5.41. The average molecular weight is 414 g/mol. The van der Waals surface area contributed by atoms with Gasteiger partial charge in [-0.25, -0.2) is 9.97 Å². The van der Waals surface area contributed by atoms with Gasteiger partial charge in [-0.2, -0.15) is 0 Å². The van der Waals surface area contributed by atoms with Crippen molar-refractivity contribution in [2.45, 2.75) is 57.5 Å².